The third-order valence-electron chi connectivity index (χ3n) is 1.77. The minimum absolute atomic E-state index is 0.0955. The Morgan fingerprint density at radius 2 is 2.07 bits per heavy atom. The quantitative estimate of drug-likeness (QED) is 0.711. The maximum atomic E-state index is 11.0. The van der Waals surface area contributed by atoms with E-state index in [9.17, 15) is 4.79 Å². The molecular formula is C11H15NOS. The van der Waals surface area contributed by atoms with Crippen LogP contribution in [0.1, 0.15) is 19.4 Å². The zero-order chi connectivity index (χ0) is 10.6. The van der Waals surface area contributed by atoms with Crippen molar-refractivity contribution in [2.45, 2.75) is 25.7 Å². The smallest absolute Gasteiger partial charge is 0.234 e. The lowest BCUT2D eigenvalue weighted by atomic mass is 10.2. The zero-order valence-corrected chi connectivity index (χ0v) is 9.57. The van der Waals surface area contributed by atoms with Crippen LogP contribution in [0.5, 0.6) is 0 Å². The number of carbonyl (C=O) groups excluding carboxylic acids is 1. The van der Waals surface area contributed by atoms with Gasteiger partial charge in [-0.3, -0.25) is 4.79 Å². The van der Waals surface area contributed by atoms with E-state index < -0.39 is 0 Å². The molecule has 1 heterocycles. The summed E-state index contributed by atoms with van der Waals surface area (Å²) < 4.78 is 0. The number of thioether (sulfide) groups is 1. The highest BCUT2D eigenvalue weighted by Crippen LogP contribution is 2.31. The molecule has 14 heavy (non-hydrogen) atoms. The molecule has 0 aromatic heterocycles. The Morgan fingerprint density at radius 3 is 2.79 bits per heavy atom. The van der Waals surface area contributed by atoms with Gasteiger partial charge in [-0.25, -0.2) is 0 Å². The predicted octanol–water partition coefficient (Wildman–Crippen LogP) is 3.07. The summed E-state index contributed by atoms with van der Waals surface area (Å²) in [6, 6.07) is 6.11. The highest BCUT2D eigenvalue weighted by atomic mass is 32.2. The van der Waals surface area contributed by atoms with Crippen molar-refractivity contribution < 1.29 is 4.79 Å². The summed E-state index contributed by atoms with van der Waals surface area (Å²) in [6.45, 7) is 6.02. The Bertz CT molecular complexity index is 336. The first-order valence-corrected chi connectivity index (χ1v) is 5.77. The van der Waals surface area contributed by atoms with Crippen molar-refractivity contribution in [3.8, 4) is 0 Å². The average Bonchev–Trinajstić information content (AvgIpc) is 2.20. The predicted molar refractivity (Wildman–Crippen MR) is 61.9 cm³/mol. The van der Waals surface area contributed by atoms with Gasteiger partial charge in [-0.1, -0.05) is 19.9 Å². The van der Waals surface area contributed by atoms with Crippen LogP contribution >= 0.6 is 11.8 Å². The molecule has 0 bridgehead atoms. The largest absolute Gasteiger partial charge is 0.324 e. The van der Waals surface area contributed by atoms with E-state index in [1.807, 2.05) is 26.8 Å². The lowest BCUT2D eigenvalue weighted by Crippen LogP contribution is -2.18. The summed E-state index contributed by atoms with van der Waals surface area (Å²) in [4.78, 5) is 12.2. The molecule has 0 fully saturated rings. The number of hydrogen-bond acceptors (Lipinski definition) is 2. The number of fused-ring (bicyclic) bond motifs is 1. The fourth-order valence-electron chi connectivity index (χ4n) is 1.20. The zero-order valence-electron chi connectivity index (χ0n) is 8.76. The van der Waals surface area contributed by atoms with Gasteiger partial charge in [0, 0.05) is 4.90 Å². The molecule has 0 unspecified atom stereocenters. The molecule has 0 spiro atoms. The minimum atomic E-state index is 0.0955. The fourth-order valence-corrected chi connectivity index (χ4v) is 1.99. The van der Waals surface area contributed by atoms with E-state index in [2.05, 4.69) is 17.4 Å². The van der Waals surface area contributed by atoms with Crippen molar-refractivity contribution in [1.82, 2.24) is 0 Å². The fraction of sp³-hybridized carbons (Fsp3) is 0.364. The molecule has 1 aromatic carbocycles. The van der Waals surface area contributed by atoms with Gasteiger partial charge >= 0.3 is 0 Å². The number of hydrogen-bond donors (Lipinski definition) is 1. The molecule has 1 aromatic rings. The van der Waals surface area contributed by atoms with E-state index in [0.717, 1.165) is 5.69 Å². The molecule has 0 saturated carbocycles. The summed E-state index contributed by atoms with van der Waals surface area (Å²) in [5.41, 5.74) is 2.13. The van der Waals surface area contributed by atoms with Crippen LogP contribution in [0, 0.1) is 6.92 Å². The highest BCUT2D eigenvalue weighted by molar-refractivity contribution is 8.00. The number of amides is 1. The van der Waals surface area contributed by atoms with Crippen LogP contribution in [0.25, 0.3) is 0 Å². The number of benzene rings is 1. The van der Waals surface area contributed by atoms with Crippen molar-refractivity contribution in [1.29, 1.82) is 0 Å². The summed E-state index contributed by atoms with van der Waals surface area (Å²) >= 11 is 1.59. The van der Waals surface area contributed by atoms with E-state index in [0.29, 0.717) is 5.75 Å². The van der Waals surface area contributed by atoms with Crippen molar-refractivity contribution in [2.24, 2.45) is 0 Å². The molecule has 76 valence electrons. The van der Waals surface area contributed by atoms with E-state index in [1.54, 1.807) is 11.8 Å². The third kappa shape index (κ3) is 2.51. The first-order chi connectivity index (χ1) is 6.75. The van der Waals surface area contributed by atoms with Crippen molar-refractivity contribution in [3.05, 3.63) is 23.8 Å². The van der Waals surface area contributed by atoms with Gasteiger partial charge in [0.1, 0.15) is 0 Å². The van der Waals surface area contributed by atoms with E-state index >= 15 is 0 Å². The second-order valence-electron chi connectivity index (χ2n) is 2.84. The topological polar surface area (TPSA) is 29.1 Å². The second kappa shape index (κ2) is 5.05. The van der Waals surface area contributed by atoms with Crippen molar-refractivity contribution in [3.63, 3.8) is 0 Å². The lowest BCUT2D eigenvalue weighted by molar-refractivity contribution is -0.113. The Balaban J connectivity index is 0.000000461. The second-order valence-corrected chi connectivity index (χ2v) is 3.85. The molecule has 2 nitrogen and oxygen atoms in total. The number of nitrogens with one attached hydrogen (secondary N) is 1. The normalized spacial score (nSPS) is 13.5. The molecule has 1 aliphatic rings. The Morgan fingerprint density at radius 1 is 1.36 bits per heavy atom. The monoisotopic (exact) mass is 209 g/mol. The molecule has 2 rings (SSSR count). The van der Waals surface area contributed by atoms with Crippen LogP contribution in [0.15, 0.2) is 23.1 Å². The van der Waals surface area contributed by atoms with Gasteiger partial charge < -0.3 is 5.32 Å². The lowest BCUT2D eigenvalue weighted by Gasteiger charge is -2.15. The van der Waals surface area contributed by atoms with Crippen molar-refractivity contribution >= 4 is 23.4 Å². The summed E-state index contributed by atoms with van der Waals surface area (Å²) in [5, 5.41) is 2.84. The van der Waals surface area contributed by atoms with Gasteiger partial charge in [0.15, 0.2) is 0 Å². The van der Waals surface area contributed by atoms with Crippen LogP contribution < -0.4 is 5.32 Å². The van der Waals surface area contributed by atoms with Crippen LogP contribution in [-0.4, -0.2) is 11.7 Å². The Labute approximate surface area is 89.1 Å². The molecule has 1 amide bonds. The SMILES string of the molecule is CC.Cc1ccc2c(c1)NC(=O)CS2. The van der Waals surface area contributed by atoms with Gasteiger partial charge in [-0.2, -0.15) is 0 Å². The summed E-state index contributed by atoms with van der Waals surface area (Å²) in [6.07, 6.45) is 0. The average molecular weight is 209 g/mol. The van der Waals surface area contributed by atoms with Gasteiger partial charge in [0.25, 0.3) is 0 Å². The van der Waals surface area contributed by atoms with Crippen LogP contribution in [0.2, 0.25) is 0 Å². The molecule has 0 atom stereocenters. The third-order valence-corrected chi connectivity index (χ3v) is 2.84. The number of carbonyl (C=O) groups is 1. The molecule has 0 saturated heterocycles. The highest BCUT2D eigenvalue weighted by Gasteiger charge is 2.14. The van der Waals surface area contributed by atoms with Crippen molar-refractivity contribution in [2.75, 3.05) is 11.1 Å². The van der Waals surface area contributed by atoms with Gasteiger partial charge in [0.05, 0.1) is 11.4 Å². The van der Waals surface area contributed by atoms with Gasteiger partial charge in [0.2, 0.25) is 5.91 Å². The maximum absolute atomic E-state index is 11.0. The molecule has 0 radical (unpaired) electrons. The minimum Gasteiger partial charge on any atom is -0.324 e. The van der Waals surface area contributed by atoms with Gasteiger partial charge in [-0.05, 0) is 24.6 Å². The molecular weight excluding hydrogens is 194 g/mol. The van der Waals surface area contributed by atoms with E-state index in [4.69, 9.17) is 0 Å². The maximum Gasteiger partial charge on any atom is 0.234 e. The number of anilines is 1. The molecule has 3 heteroatoms. The number of rotatable bonds is 0. The van der Waals surface area contributed by atoms with Gasteiger partial charge in [-0.15, -0.1) is 11.8 Å². The molecule has 0 aliphatic carbocycles. The Hall–Kier alpha value is -0.960. The first-order valence-electron chi connectivity index (χ1n) is 4.79. The van der Waals surface area contributed by atoms with Crippen LogP contribution in [-0.2, 0) is 4.79 Å². The Kier molecular flexibility index (Phi) is 4.01. The first kappa shape index (κ1) is 11.1. The van der Waals surface area contributed by atoms with Crippen LogP contribution in [0.4, 0.5) is 5.69 Å². The van der Waals surface area contributed by atoms with E-state index in [-0.39, 0.29) is 5.91 Å². The van der Waals surface area contributed by atoms with E-state index in [1.165, 1.54) is 10.5 Å². The molecule has 1 aliphatic heterocycles. The molecule has 1 N–H and O–H groups in total. The summed E-state index contributed by atoms with van der Waals surface area (Å²) in [7, 11) is 0. The standard InChI is InChI=1S/C9H9NOS.C2H6/c1-6-2-3-8-7(4-6)10-9(11)5-12-8;1-2/h2-4H,5H2,1H3,(H,10,11);1-2H3. The number of aryl methyl sites for hydroxylation is 1. The van der Waals surface area contributed by atoms with Crippen LogP contribution in [0.3, 0.4) is 0 Å². The summed E-state index contributed by atoms with van der Waals surface area (Å²) in [5.74, 6) is 0.633.